The van der Waals surface area contributed by atoms with E-state index >= 15 is 0 Å². The van der Waals surface area contributed by atoms with Gasteiger partial charge in [-0.05, 0) is 58.3 Å². The van der Waals surface area contributed by atoms with E-state index in [0.29, 0.717) is 15.7 Å². The number of phenols is 1. The summed E-state index contributed by atoms with van der Waals surface area (Å²) in [5, 5.41) is 21.8. The number of nitrogens with zero attached hydrogens (tertiary/aromatic N) is 1. The lowest BCUT2D eigenvalue weighted by Crippen LogP contribution is -2.14. The molecule has 24 heavy (non-hydrogen) atoms. The summed E-state index contributed by atoms with van der Waals surface area (Å²) in [6.07, 6.45) is 1.43. The number of hydrogen-bond donors (Lipinski definition) is 2. The van der Waals surface area contributed by atoms with Crippen LogP contribution in [0.2, 0.25) is 0 Å². The van der Waals surface area contributed by atoms with Crippen molar-refractivity contribution in [3.63, 3.8) is 0 Å². The van der Waals surface area contributed by atoms with Crippen molar-refractivity contribution in [2.45, 2.75) is 6.92 Å². The summed E-state index contributed by atoms with van der Waals surface area (Å²) in [6, 6.07) is 12.3. The molecular weight excluding hydrogens is 372 g/mol. The van der Waals surface area contributed by atoms with E-state index in [9.17, 15) is 15.2 Å². The van der Waals surface area contributed by atoms with Crippen LogP contribution in [0.4, 0.5) is 5.69 Å². The number of methoxy groups -OCH3 is 1. The molecule has 122 valence electrons. The average Bonchev–Trinajstić information content (AvgIpc) is 2.57. The van der Waals surface area contributed by atoms with Crippen molar-refractivity contribution in [2.24, 2.45) is 0 Å². The average molecular weight is 387 g/mol. The van der Waals surface area contributed by atoms with E-state index in [1.165, 1.54) is 13.2 Å². The molecule has 0 fully saturated rings. The first-order valence-corrected chi connectivity index (χ1v) is 7.81. The number of aromatic hydroxyl groups is 1. The summed E-state index contributed by atoms with van der Waals surface area (Å²) in [4.78, 5) is 12.3. The van der Waals surface area contributed by atoms with Crippen LogP contribution >= 0.6 is 15.9 Å². The maximum absolute atomic E-state index is 12.3. The first-order chi connectivity index (χ1) is 11.5. The van der Waals surface area contributed by atoms with E-state index in [0.717, 1.165) is 5.56 Å². The number of carbonyl (C=O) groups is 1. The van der Waals surface area contributed by atoms with Crippen molar-refractivity contribution in [1.82, 2.24) is 0 Å². The lowest BCUT2D eigenvalue weighted by Gasteiger charge is -2.08. The molecule has 2 aromatic carbocycles. The van der Waals surface area contributed by atoms with E-state index in [2.05, 4.69) is 21.2 Å². The van der Waals surface area contributed by atoms with Gasteiger partial charge in [-0.25, -0.2) is 0 Å². The number of para-hydroxylation sites is 1. The zero-order chi connectivity index (χ0) is 17.7. The third-order valence-electron chi connectivity index (χ3n) is 3.34. The van der Waals surface area contributed by atoms with Gasteiger partial charge in [0.1, 0.15) is 11.6 Å². The minimum absolute atomic E-state index is 0.0440. The number of halogens is 1. The number of benzene rings is 2. The SMILES string of the molecule is COc1cc(/C=C(/C#N)C(=O)Nc2ccccc2C)cc(Br)c1O. The Labute approximate surface area is 148 Å². The highest BCUT2D eigenvalue weighted by Gasteiger charge is 2.13. The number of rotatable bonds is 4. The van der Waals surface area contributed by atoms with Crippen LogP contribution in [-0.4, -0.2) is 18.1 Å². The van der Waals surface area contributed by atoms with Gasteiger partial charge in [-0.3, -0.25) is 4.79 Å². The zero-order valence-corrected chi connectivity index (χ0v) is 14.7. The summed E-state index contributed by atoms with van der Waals surface area (Å²) >= 11 is 3.21. The maximum atomic E-state index is 12.3. The Morgan fingerprint density at radius 3 is 2.71 bits per heavy atom. The van der Waals surface area contributed by atoms with Gasteiger partial charge >= 0.3 is 0 Å². The zero-order valence-electron chi connectivity index (χ0n) is 13.1. The molecule has 0 radical (unpaired) electrons. The smallest absolute Gasteiger partial charge is 0.266 e. The molecule has 0 atom stereocenters. The fraction of sp³-hybridized carbons (Fsp3) is 0.111. The fourth-order valence-corrected chi connectivity index (χ4v) is 2.51. The van der Waals surface area contributed by atoms with Crippen molar-refractivity contribution >= 4 is 33.6 Å². The third kappa shape index (κ3) is 3.94. The minimum atomic E-state index is -0.505. The highest BCUT2D eigenvalue weighted by atomic mass is 79.9. The summed E-state index contributed by atoms with van der Waals surface area (Å²) in [5.41, 5.74) is 2.04. The van der Waals surface area contributed by atoms with Crippen molar-refractivity contribution in [2.75, 3.05) is 12.4 Å². The molecule has 5 nitrogen and oxygen atoms in total. The highest BCUT2D eigenvalue weighted by Crippen LogP contribution is 2.35. The number of nitriles is 1. The Morgan fingerprint density at radius 1 is 1.38 bits per heavy atom. The number of nitrogens with one attached hydrogen (secondary N) is 1. The van der Waals surface area contributed by atoms with Gasteiger partial charge < -0.3 is 15.2 Å². The molecule has 2 N–H and O–H groups in total. The van der Waals surface area contributed by atoms with E-state index in [4.69, 9.17) is 4.74 Å². The number of hydrogen-bond acceptors (Lipinski definition) is 4. The Bertz CT molecular complexity index is 854. The molecule has 0 spiro atoms. The second-order valence-electron chi connectivity index (χ2n) is 4.99. The van der Waals surface area contributed by atoms with E-state index in [-0.39, 0.29) is 17.1 Å². The quantitative estimate of drug-likeness (QED) is 0.613. The molecule has 0 aliphatic heterocycles. The summed E-state index contributed by atoms with van der Waals surface area (Å²) < 4.78 is 5.47. The van der Waals surface area contributed by atoms with Crippen LogP contribution < -0.4 is 10.1 Å². The molecule has 0 aliphatic carbocycles. The lowest BCUT2D eigenvalue weighted by molar-refractivity contribution is -0.112. The summed E-state index contributed by atoms with van der Waals surface area (Å²) in [7, 11) is 1.42. The fourth-order valence-electron chi connectivity index (χ4n) is 2.05. The maximum Gasteiger partial charge on any atom is 0.266 e. The van der Waals surface area contributed by atoms with Gasteiger partial charge in [0.15, 0.2) is 11.5 Å². The van der Waals surface area contributed by atoms with Crippen molar-refractivity contribution < 1.29 is 14.6 Å². The second-order valence-corrected chi connectivity index (χ2v) is 5.85. The molecule has 0 saturated carbocycles. The molecule has 2 aromatic rings. The second kappa shape index (κ2) is 7.66. The van der Waals surface area contributed by atoms with Gasteiger partial charge in [0, 0.05) is 5.69 Å². The van der Waals surface area contributed by atoms with E-state index in [1.807, 2.05) is 25.1 Å². The monoisotopic (exact) mass is 386 g/mol. The van der Waals surface area contributed by atoms with E-state index < -0.39 is 5.91 Å². The first kappa shape index (κ1) is 17.6. The molecule has 0 aromatic heterocycles. The molecular formula is C18H15BrN2O3. The molecule has 6 heteroatoms. The molecule has 0 unspecified atom stereocenters. The molecule has 2 rings (SSSR count). The Hall–Kier alpha value is -2.78. The largest absolute Gasteiger partial charge is 0.503 e. The summed E-state index contributed by atoms with van der Waals surface area (Å²) in [6.45, 7) is 1.87. The van der Waals surface area contributed by atoms with Crippen LogP contribution in [0.3, 0.4) is 0 Å². The Kier molecular flexibility index (Phi) is 5.61. The summed E-state index contributed by atoms with van der Waals surface area (Å²) in [5.74, 6) is -0.306. The van der Waals surface area contributed by atoms with Gasteiger partial charge in [-0.2, -0.15) is 5.26 Å². The molecule has 0 aliphatic rings. The van der Waals surface area contributed by atoms with Crippen molar-refractivity contribution in [1.29, 1.82) is 5.26 Å². The Morgan fingerprint density at radius 2 is 2.08 bits per heavy atom. The minimum Gasteiger partial charge on any atom is -0.503 e. The number of carbonyl (C=O) groups excluding carboxylic acids is 1. The van der Waals surface area contributed by atoms with E-state index in [1.54, 1.807) is 24.3 Å². The number of phenolic OH excluding ortho intramolecular Hbond substituents is 1. The van der Waals surface area contributed by atoms with Gasteiger partial charge in [0.05, 0.1) is 11.6 Å². The number of aryl methyl sites for hydroxylation is 1. The normalized spacial score (nSPS) is 10.8. The molecule has 0 saturated heterocycles. The Balaban J connectivity index is 2.33. The number of amides is 1. The van der Waals surface area contributed by atoms with Crippen LogP contribution in [-0.2, 0) is 4.79 Å². The number of ether oxygens (including phenoxy) is 1. The van der Waals surface area contributed by atoms with Crippen molar-refractivity contribution in [3.8, 4) is 17.6 Å². The highest BCUT2D eigenvalue weighted by molar-refractivity contribution is 9.10. The van der Waals surface area contributed by atoms with Gasteiger partial charge in [0.2, 0.25) is 0 Å². The molecule has 1 amide bonds. The van der Waals surface area contributed by atoms with Crippen molar-refractivity contribution in [3.05, 3.63) is 57.6 Å². The van der Waals surface area contributed by atoms with Crippen LogP contribution in [0.5, 0.6) is 11.5 Å². The molecule has 0 heterocycles. The van der Waals surface area contributed by atoms with Gasteiger partial charge in [-0.1, -0.05) is 18.2 Å². The van der Waals surface area contributed by atoms with Crippen LogP contribution in [0.25, 0.3) is 6.08 Å². The third-order valence-corrected chi connectivity index (χ3v) is 3.94. The predicted octanol–water partition coefficient (Wildman–Crippen LogP) is 4.02. The molecule has 0 bridgehead atoms. The van der Waals surface area contributed by atoms with Crippen LogP contribution in [0.15, 0.2) is 46.4 Å². The predicted molar refractivity (Wildman–Crippen MR) is 95.8 cm³/mol. The van der Waals surface area contributed by atoms with Gasteiger partial charge in [-0.15, -0.1) is 0 Å². The number of anilines is 1. The van der Waals surface area contributed by atoms with Gasteiger partial charge in [0.25, 0.3) is 5.91 Å². The first-order valence-electron chi connectivity index (χ1n) is 7.01. The topological polar surface area (TPSA) is 82.3 Å². The standard InChI is InChI=1S/C18H15BrN2O3/c1-11-5-3-4-6-15(11)21-18(23)13(10-20)7-12-8-14(19)17(22)16(9-12)24-2/h3-9,22H,1-2H3,(H,21,23)/b13-7-. The lowest BCUT2D eigenvalue weighted by atomic mass is 10.1. The van der Waals surface area contributed by atoms with Crippen LogP contribution in [0, 0.1) is 18.3 Å². The van der Waals surface area contributed by atoms with Crippen LogP contribution in [0.1, 0.15) is 11.1 Å².